The summed E-state index contributed by atoms with van der Waals surface area (Å²) in [6.45, 7) is 0. The average molecular weight is 353 g/mol. The molecule has 3 heterocycles. The Hall–Kier alpha value is -3.24. The van der Waals surface area contributed by atoms with Crippen LogP contribution < -0.4 is 5.73 Å². The molecule has 4 heteroatoms. The quantitative estimate of drug-likeness (QED) is 0.439. The SMILES string of the molecule is Nc1nccc2scc(-c3ccc4ccc(-c5ccccc5)nc4c3)c12. The van der Waals surface area contributed by atoms with Crippen molar-refractivity contribution in [2.45, 2.75) is 0 Å². The van der Waals surface area contributed by atoms with E-state index in [9.17, 15) is 0 Å². The molecule has 0 saturated carbocycles. The van der Waals surface area contributed by atoms with Gasteiger partial charge in [0.25, 0.3) is 0 Å². The molecule has 2 N–H and O–H groups in total. The molecule has 0 fully saturated rings. The minimum Gasteiger partial charge on any atom is -0.383 e. The highest BCUT2D eigenvalue weighted by Gasteiger charge is 2.11. The molecular formula is C22H15N3S. The smallest absolute Gasteiger partial charge is 0.132 e. The molecule has 0 aliphatic carbocycles. The van der Waals surface area contributed by atoms with Gasteiger partial charge in [0.15, 0.2) is 0 Å². The molecule has 26 heavy (non-hydrogen) atoms. The van der Waals surface area contributed by atoms with E-state index in [-0.39, 0.29) is 0 Å². The number of benzene rings is 2. The van der Waals surface area contributed by atoms with Crippen molar-refractivity contribution in [3.05, 3.63) is 78.3 Å². The number of rotatable bonds is 2. The van der Waals surface area contributed by atoms with Crippen molar-refractivity contribution in [3.63, 3.8) is 0 Å². The van der Waals surface area contributed by atoms with E-state index in [1.807, 2.05) is 24.3 Å². The summed E-state index contributed by atoms with van der Waals surface area (Å²) in [7, 11) is 0. The number of nitrogen functional groups attached to an aromatic ring is 1. The summed E-state index contributed by atoms with van der Waals surface area (Å²) in [6, 6.07) is 22.8. The highest BCUT2D eigenvalue weighted by molar-refractivity contribution is 7.17. The maximum Gasteiger partial charge on any atom is 0.132 e. The van der Waals surface area contributed by atoms with Crippen LogP contribution in [0.1, 0.15) is 0 Å². The first-order valence-electron chi connectivity index (χ1n) is 8.38. The number of aromatic nitrogens is 2. The molecule has 0 radical (unpaired) electrons. The van der Waals surface area contributed by atoms with Gasteiger partial charge in [-0.05, 0) is 29.1 Å². The Bertz CT molecular complexity index is 1240. The molecule has 0 saturated heterocycles. The minimum atomic E-state index is 0.574. The monoisotopic (exact) mass is 353 g/mol. The Kier molecular flexibility index (Phi) is 3.43. The fourth-order valence-corrected chi connectivity index (χ4v) is 4.25. The molecule has 124 valence electrons. The third kappa shape index (κ3) is 2.43. The highest BCUT2D eigenvalue weighted by atomic mass is 32.1. The lowest BCUT2D eigenvalue weighted by Gasteiger charge is -2.06. The van der Waals surface area contributed by atoms with E-state index in [4.69, 9.17) is 10.7 Å². The van der Waals surface area contributed by atoms with E-state index in [1.54, 1.807) is 17.5 Å². The van der Waals surface area contributed by atoms with Gasteiger partial charge in [0.1, 0.15) is 5.82 Å². The van der Waals surface area contributed by atoms with Crippen LogP contribution in [0.4, 0.5) is 5.82 Å². The van der Waals surface area contributed by atoms with E-state index >= 15 is 0 Å². The van der Waals surface area contributed by atoms with Crippen LogP contribution in [0.3, 0.4) is 0 Å². The van der Waals surface area contributed by atoms with Crippen LogP contribution in [0.5, 0.6) is 0 Å². The molecule has 2 aromatic carbocycles. The fourth-order valence-electron chi connectivity index (χ4n) is 3.28. The maximum absolute atomic E-state index is 6.13. The predicted molar refractivity (Wildman–Crippen MR) is 110 cm³/mol. The van der Waals surface area contributed by atoms with Gasteiger partial charge in [-0.25, -0.2) is 9.97 Å². The molecule has 3 aromatic heterocycles. The van der Waals surface area contributed by atoms with Gasteiger partial charge < -0.3 is 5.73 Å². The fraction of sp³-hybridized carbons (Fsp3) is 0. The number of hydrogen-bond acceptors (Lipinski definition) is 4. The second-order valence-corrected chi connectivity index (χ2v) is 7.10. The van der Waals surface area contributed by atoms with Crippen molar-refractivity contribution in [2.24, 2.45) is 0 Å². The highest BCUT2D eigenvalue weighted by Crippen LogP contribution is 2.37. The topological polar surface area (TPSA) is 51.8 Å². The number of anilines is 1. The van der Waals surface area contributed by atoms with Crippen LogP contribution in [0, 0.1) is 0 Å². The zero-order valence-corrected chi connectivity index (χ0v) is 14.7. The molecule has 0 unspecified atom stereocenters. The summed E-state index contributed by atoms with van der Waals surface area (Å²) in [5.74, 6) is 0.574. The zero-order valence-electron chi connectivity index (χ0n) is 13.9. The molecule has 0 amide bonds. The van der Waals surface area contributed by atoms with Crippen LogP contribution in [-0.2, 0) is 0 Å². The lowest BCUT2D eigenvalue weighted by Crippen LogP contribution is -1.90. The number of fused-ring (bicyclic) bond motifs is 2. The summed E-state index contributed by atoms with van der Waals surface area (Å²) in [6.07, 6.45) is 1.76. The molecular weight excluding hydrogens is 338 g/mol. The normalized spacial score (nSPS) is 11.2. The Morgan fingerprint density at radius 2 is 1.69 bits per heavy atom. The zero-order chi connectivity index (χ0) is 17.5. The maximum atomic E-state index is 6.13. The van der Waals surface area contributed by atoms with E-state index < -0.39 is 0 Å². The number of nitrogens with two attached hydrogens (primary N) is 1. The minimum absolute atomic E-state index is 0.574. The molecule has 0 atom stereocenters. The van der Waals surface area contributed by atoms with Crippen molar-refractivity contribution >= 4 is 38.1 Å². The first-order chi connectivity index (χ1) is 12.8. The van der Waals surface area contributed by atoms with Gasteiger partial charge in [0.2, 0.25) is 0 Å². The molecule has 0 bridgehead atoms. The average Bonchev–Trinajstić information content (AvgIpc) is 3.13. The first kappa shape index (κ1) is 15.0. The van der Waals surface area contributed by atoms with Crippen molar-refractivity contribution in [2.75, 3.05) is 5.73 Å². The summed E-state index contributed by atoms with van der Waals surface area (Å²) in [5, 5.41) is 4.29. The third-order valence-electron chi connectivity index (χ3n) is 4.59. The summed E-state index contributed by atoms with van der Waals surface area (Å²) in [4.78, 5) is 9.13. The number of hydrogen-bond donors (Lipinski definition) is 1. The largest absolute Gasteiger partial charge is 0.383 e. The van der Waals surface area contributed by atoms with Gasteiger partial charge in [-0.3, -0.25) is 0 Å². The van der Waals surface area contributed by atoms with Gasteiger partial charge >= 0.3 is 0 Å². The standard InChI is InChI=1S/C22H15N3S/c23-22-21-17(13-26-20(21)10-11-24-22)16-7-6-15-8-9-18(25-19(15)12-16)14-4-2-1-3-5-14/h1-13H,(H2,23,24). The Balaban J connectivity index is 1.69. The van der Waals surface area contributed by atoms with Crippen LogP contribution >= 0.6 is 11.3 Å². The summed E-state index contributed by atoms with van der Waals surface area (Å²) < 4.78 is 1.15. The lowest BCUT2D eigenvalue weighted by atomic mass is 10.0. The van der Waals surface area contributed by atoms with E-state index in [0.717, 1.165) is 43.4 Å². The van der Waals surface area contributed by atoms with Crippen LogP contribution in [0.25, 0.3) is 43.4 Å². The molecule has 5 aromatic rings. The van der Waals surface area contributed by atoms with Crippen LogP contribution in [0.2, 0.25) is 0 Å². The van der Waals surface area contributed by atoms with Crippen LogP contribution in [-0.4, -0.2) is 9.97 Å². The van der Waals surface area contributed by atoms with Crippen molar-refractivity contribution < 1.29 is 0 Å². The molecule has 0 spiro atoms. The van der Waals surface area contributed by atoms with Crippen molar-refractivity contribution in [3.8, 4) is 22.4 Å². The molecule has 5 rings (SSSR count). The Morgan fingerprint density at radius 1 is 0.846 bits per heavy atom. The van der Waals surface area contributed by atoms with Gasteiger partial charge in [-0.15, -0.1) is 11.3 Å². The second-order valence-electron chi connectivity index (χ2n) is 6.19. The van der Waals surface area contributed by atoms with Gasteiger partial charge in [-0.1, -0.05) is 48.5 Å². The number of nitrogens with zero attached hydrogens (tertiary/aromatic N) is 2. The summed E-state index contributed by atoms with van der Waals surface area (Å²) in [5.41, 5.74) is 11.4. The lowest BCUT2D eigenvalue weighted by molar-refractivity contribution is 1.37. The van der Waals surface area contributed by atoms with Crippen molar-refractivity contribution in [1.29, 1.82) is 0 Å². The molecule has 0 aliphatic rings. The van der Waals surface area contributed by atoms with Crippen LogP contribution in [0.15, 0.2) is 78.3 Å². The number of pyridine rings is 2. The van der Waals surface area contributed by atoms with E-state index in [0.29, 0.717) is 5.82 Å². The Labute approximate surface area is 154 Å². The van der Waals surface area contributed by atoms with Gasteiger partial charge in [0, 0.05) is 32.8 Å². The van der Waals surface area contributed by atoms with E-state index in [1.165, 1.54) is 0 Å². The third-order valence-corrected chi connectivity index (χ3v) is 5.54. The van der Waals surface area contributed by atoms with Gasteiger partial charge in [0.05, 0.1) is 11.2 Å². The van der Waals surface area contributed by atoms with E-state index in [2.05, 4.69) is 52.8 Å². The Morgan fingerprint density at radius 3 is 2.58 bits per heavy atom. The molecule has 0 aliphatic heterocycles. The summed E-state index contributed by atoms with van der Waals surface area (Å²) >= 11 is 1.69. The first-order valence-corrected chi connectivity index (χ1v) is 9.26. The van der Waals surface area contributed by atoms with Gasteiger partial charge in [-0.2, -0.15) is 0 Å². The number of thiophene rings is 1. The second kappa shape index (κ2) is 5.93. The predicted octanol–water partition coefficient (Wildman–Crippen LogP) is 5.76. The van der Waals surface area contributed by atoms with Crippen molar-refractivity contribution in [1.82, 2.24) is 9.97 Å². The molecule has 3 nitrogen and oxygen atoms in total.